The van der Waals surface area contributed by atoms with E-state index in [9.17, 15) is 0 Å². The van der Waals surface area contributed by atoms with E-state index in [0.717, 1.165) is 13.0 Å². The Labute approximate surface area is 84.1 Å². The molecule has 1 aromatic heterocycles. The van der Waals surface area contributed by atoms with Crippen molar-refractivity contribution in [1.29, 1.82) is 0 Å². The first-order valence-electron chi connectivity index (χ1n) is 5.13. The zero-order chi connectivity index (χ0) is 10.2. The predicted octanol–water partition coefficient (Wildman–Crippen LogP) is 1.52. The number of aromatic nitrogens is 2. The van der Waals surface area contributed by atoms with E-state index < -0.39 is 0 Å². The molecule has 0 aliphatic rings. The van der Waals surface area contributed by atoms with Crippen LogP contribution in [0.4, 0.5) is 6.01 Å². The predicted molar refractivity (Wildman–Crippen MR) is 54.8 cm³/mol. The summed E-state index contributed by atoms with van der Waals surface area (Å²) >= 11 is 0. The third kappa shape index (κ3) is 3.74. The van der Waals surface area contributed by atoms with E-state index in [0.29, 0.717) is 18.5 Å². The van der Waals surface area contributed by atoms with Gasteiger partial charge < -0.3 is 15.5 Å². The molecule has 1 rings (SSSR count). The molecule has 0 amide bonds. The summed E-state index contributed by atoms with van der Waals surface area (Å²) in [5.41, 5.74) is 5.33. The Morgan fingerprint density at radius 3 is 2.79 bits per heavy atom. The highest BCUT2D eigenvalue weighted by Crippen LogP contribution is 2.05. The SMILES string of the molecule is CCCCCCNc1nnc(CN)o1. The Morgan fingerprint density at radius 1 is 1.29 bits per heavy atom. The monoisotopic (exact) mass is 198 g/mol. The van der Waals surface area contributed by atoms with Crippen molar-refractivity contribution in [1.82, 2.24) is 10.2 Å². The Hall–Kier alpha value is -1.10. The summed E-state index contributed by atoms with van der Waals surface area (Å²) in [6.07, 6.45) is 4.90. The number of nitrogens with zero attached hydrogens (tertiary/aromatic N) is 2. The second kappa shape index (κ2) is 6.37. The number of nitrogens with one attached hydrogen (secondary N) is 1. The summed E-state index contributed by atoms with van der Waals surface area (Å²) in [5.74, 6) is 0.473. The van der Waals surface area contributed by atoms with Crippen LogP contribution >= 0.6 is 0 Å². The summed E-state index contributed by atoms with van der Waals surface area (Å²) in [7, 11) is 0. The van der Waals surface area contributed by atoms with Crippen molar-refractivity contribution in [2.24, 2.45) is 5.73 Å². The molecular weight excluding hydrogens is 180 g/mol. The Balaban J connectivity index is 2.12. The normalized spacial score (nSPS) is 10.4. The van der Waals surface area contributed by atoms with E-state index in [2.05, 4.69) is 22.4 Å². The first kappa shape index (κ1) is 11.0. The zero-order valence-corrected chi connectivity index (χ0v) is 8.62. The molecular formula is C9H18N4O. The molecule has 14 heavy (non-hydrogen) atoms. The van der Waals surface area contributed by atoms with E-state index in [1.54, 1.807) is 0 Å². The molecule has 0 bridgehead atoms. The van der Waals surface area contributed by atoms with Crippen LogP contribution in [0.1, 0.15) is 38.5 Å². The van der Waals surface area contributed by atoms with Gasteiger partial charge in [-0.2, -0.15) is 0 Å². The summed E-state index contributed by atoms with van der Waals surface area (Å²) in [6, 6.07) is 0.474. The highest BCUT2D eigenvalue weighted by Gasteiger charge is 2.01. The lowest BCUT2D eigenvalue weighted by Crippen LogP contribution is -2.01. The van der Waals surface area contributed by atoms with Crippen LogP contribution in [0.5, 0.6) is 0 Å². The molecule has 0 aromatic carbocycles. The molecule has 0 fully saturated rings. The van der Waals surface area contributed by atoms with Crippen LogP contribution in [0.15, 0.2) is 4.42 Å². The summed E-state index contributed by atoms with van der Waals surface area (Å²) in [5, 5.41) is 10.6. The maximum absolute atomic E-state index is 5.33. The Morgan fingerprint density at radius 2 is 2.14 bits per heavy atom. The number of hydrogen-bond donors (Lipinski definition) is 2. The zero-order valence-electron chi connectivity index (χ0n) is 8.62. The first-order valence-corrected chi connectivity index (χ1v) is 5.13. The summed E-state index contributed by atoms with van der Waals surface area (Å²) in [6.45, 7) is 3.37. The Kier molecular flexibility index (Phi) is 4.99. The number of nitrogens with two attached hydrogens (primary N) is 1. The molecule has 5 heteroatoms. The maximum atomic E-state index is 5.33. The number of rotatable bonds is 7. The molecule has 0 aliphatic heterocycles. The van der Waals surface area contributed by atoms with Crippen LogP contribution in [-0.2, 0) is 6.54 Å². The molecule has 0 atom stereocenters. The lowest BCUT2D eigenvalue weighted by atomic mass is 10.2. The van der Waals surface area contributed by atoms with E-state index in [1.807, 2.05) is 0 Å². The highest BCUT2D eigenvalue weighted by molar-refractivity contribution is 5.16. The third-order valence-corrected chi connectivity index (χ3v) is 1.95. The van der Waals surface area contributed by atoms with Gasteiger partial charge in [-0.25, -0.2) is 0 Å². The van der Waals surface area contributed by atoms with Crippen molar-refractivity contribution >= 4 is 6.01 Å². The molecule has 0 spiro atoms. The van der Waals surface area contributed by atoms with Crippen molar-refractivity contribution in [3.8, 4) is 0 Å². The molecule has 0 aliphatic carbocycles. The second-order valence-electron chi connectivity index (χ2n) is 3.19. The van der Waals surface area contributed by atoms with Crippen LogP contribution < -0.4 is 11.1 Å². The third-order valence-electron chi connectivity index (χ3n) is 1.95. The van der Waals surface area contributed by atoms with Gasteiger partial charge in [0.05, 0.1) is 6.54 Å². The molecule has 3 N–H and O–H groups in total. The molecule has 1 aromatic rings. The van der Waals surface area contributed by atoms with Gasteiger partial charge in [0, 0.05) is 6.54 Å². The van der Waals surface area contributed by atoms with Gasteiger partial charge in [-0.15, -0.1) is 5.10 Å². The van der Waals surface area contributed by atoms with E-state index in [1.165, 1.54) is 19.3 Å². The van der Waals surface area contributed by atoms with Crippen molar-refractivity contribution in [2.75, 3.05) is 11.9 Å². The quantitative estimate of drug-likeness (QED) is 0.649. The first-order chi connectivity index (χ1) is 6.86. The topological polar surface area (TPSA) is 77.0 Å². The summed E-state index contributed by atoms with van der Waals surface area (Å²) in [4.78, 5) is 0. The van der Waals surface area contributed by atoms with Gasteiger partial charge in [0.1, 0.15) is 0 Å². The van der Waals surface area contributed by atoms with Gasteiger partial charge >= 0.3 is 6.01 Å². The van der Waals surface area contributed by atoms with E-state index in [4.69, 9.17) is 10.2 Å². The van der Waals surface area contributed by atoms with Crippen LogP contribution in [0, 0.1) is 0 Å². The van der Waals surface area contributed by atoms with Crippen LogP contribution in [0.3, 0.4) is 0 Å². The van der Waals surface area contributed by atoms with E-state index >= 15 is 0 Å². The smallest absolute Gasteiger partial charge is 0.315 e. The summed E-state index contributed by atoms with van der Waals surface area (Å²) < 4.78 is 5.18. The van der Waals surface area contributed by atoms with Crippen LogP contribution in [0.25, 0.3) is 0 Å². The maximum Gasteiger partial charge on any atom is 0.315 e. The minimum atomic E-state index is 0.296. The lowest BCUT2D eigenvalue weighted by Gasteiger charge is -1.99. The Bertz CT molecular complexity index is 249. The second-order valence-corrected chi connectivity index (χ2v) is 3.19. The molecule has 0 radical (unpaired) electrons. The molecule has 0 unspecified atom stereocenters. The highest BCUT2D eigenvalue weighted by atomic mass is 16.4. The number of unbranched alkanes of at least 4 members (excludes halogenated alkanes) is 3. The fraction of sp³-hybridized carbons (Fsp3) is 0.778. The fourth-order valence-electron chi connectivity index (χ4n) is 1.15. The minimum absolute atomic E-state index is 0.296. The van der Waals surface area contributed by atoms with Gasteiger partial charge in [-0.3, -0.25) is 0 Å². The average Bonchev–Trinajstić information content (AvgIpc) is 2.65. The van der Waals surface area contributed by atoms with Crippen molar-refractivity contribution in [3.63, 3.8) is 0 Å². The van der Waals surface area contributed by atoms with Crippen molar-refractivity contribution < 1.29 is 4.42 Å². The number of anilines is 1. The van der Waals surface area contributed by atoms with Crippen LogP contribution in [-0.4, -0.2) is 16.7 Å². The van der Waals surface area contributed by atoms with E-state index in [-0.39, 0.29) is 0 Å². The molecule has 5 nitrogen and oxygen atoms in total. The van der Waals surface area contributed by atoms with Crippen molar-refractivity contribution in [3.05, 3.63) is 5.89 Å². The van der Waals surface area contributed by atoms with Crippen molar-refractivity contribution in [2.45, 2.75) is 39.2 Å². The number of hydrogen-bond acceptors (Lipinski definition) is 5. The van der Waals surface area contributed by atoms with Gasteiger partial charge in [-0.05, 0) is 6.42 Å². The van der Waals surface area contributed by atoms with Crippen LogP contribution in [0.2, 0.25) is 0 Å². The minimum Gasteiger partial charge on any atom is -0.407 e. The van der Waals surface area contributed by atoms with Gasteiger partial charge in [0.15, 0.2) is 0 Å². The molecule has 80 valence electrons. The van der Waals surface area contributed by atoms with Gasteiger partial charge in [-0.1, -0.05) is 31.3 Å². The standard InChI is InChI=1S/C9H18N4O/c1-2-3-4-5-6-11-9-13-12-8(7-10)14-9/h2-7,10H2,1H3,(H,11,13). The van der Waals surface area contributed by atoms with Gasteiger partial charge in [0.25, 0.3) is 0 Å². The lowest BCUT2D eigenvalue weighted by molar-refractivity contribution is 0.506. The molecule has 1 heterocycles. The van der Waals surface area contributed by atoms with Gasteiger partial charge in [0.2, 0.25) is 5.89 Å². The fourth-order valence-corrected chi connectivity index (χ4v) is 1.15. The average molecular weight is 198 g/mol. The largest absolute Gasteiger partial charge is 0.407 e. The molecule has 0 saturated carbocycles. The molecule has 0 saturated heterocycles.